The summed E-state index contributed by atoms with van der Waals surface area (Å²) in [6.45, 7) is 8.31. The van der Waals surface area contributed by atoms with Crippen LogP contribution in [-0.4, -0.2) is 179 Å². The lowest BCUT2D eigenvalue weighted by molar-refractivity contribution is -0.309. The number of carbonyl (C=O) groups excluding carboxylic acids is 4. The van der Waals surface area contributed by atoms with Gasteiger partial charge in [-0.15, -0.1) is 0 Å². The number of ether oxygens (including phenoxy) is 4. The number of nitrogens with one attached hydrogen (secondary N) is 2. The van der Waals surface area contributed by atoms with Gasteiger partial charge in [0.25, 0.3) is 0 Å². The number of allylic oxidation sites excluding steroid dienone is 12. The van der Waals surface area contributed by atoms with E-state index < -0.39 is 147 Å². The Bertz CT molecular complexity index is 2320. The third kappa shape index (κ3) is 24.4. The number of carbonyl (C=O) groups is 4. The normalized spacial score (nSPS) is 37.7. The van der Waals surface area contributed by atoms with Gasteiger partial charge in [0, 0.05) is 75.6 Å². The van der Waals surface area contributed by atoms with Crippen LogP contribution >= 0.6 is 0 Å². The Morgan fingerprint density at radius 2 is 1.26 bits per heavy atom. The zero-order valence-corrected chi connectivity index (χ0v) is 47.5. The summed E-state index contributed by atoms with van der Waals surface area (Å²) in [7, 11) is 1.77. The van der Waals surface area contributed by atoms with Crippen LogP contribution in [0.15, 0.2) is 109 Å². The highest BCUT2D eigenvalue weighted by Crippen LogP contribution is 2.38. The van der Waals surface area contributed by atoms with Gasteiger partial charge in [0.2, 0.25) is 5.91 Å². The molecule has 4 rings (SSSR count). The summed E-state index contributed by atoms with van der Waals surface area (Å²) < 4.78 is 24.3. The highest BCUT2D eigenvalue weighted by Gasteiger charge is 2.48. The quantitative estimate of drug-likeness (QED) is 0.111. The van der Waals surface area contributed by atoms with E-state index in [0.29, 0.717) is 12.0 Å². The second-order valence-corrected chi connectivity index (χ2v) is 22.1. The van der Waals surface area contributed by atoms with Crippen LogP contribution in [0.5, 0.6) is 0 Å². The number of esters is 1. The molecule has 20 nitrogen and oxygen atoms in total. The van der Waals surface area contributed by atoms with Crippen molar-refractivity contribution in [2.45, 2.75) is 209 Å². The van der Waals surface area contributed by atoms with Gasteiger partial charge in [0.05, 0.1) is 73.5 Å². The lowest BCUT2D eigenvalue weighted by atomic mass is 9.84. The number of aliphatic hydroxyl groups excluding tert-OH is 9. The van der Waals surface area contributed by atoms with E-state index in [9.17, 15) is 70.2 Å². The first kappa shape index (κ1) is 68.5. The maximum Gasteiger partial charge on any atom is 0.308 e. The summed E-state index contributed by atoms with van der Waals surface area (Å²) in [5.41, 5.74) is 1.31. The number of fused-ring (bicyclic) bond motifs is 2. The van der Waals surface area contributed by atoms with Crippen LogP contribution in [0, 0.1) is 17.8 Å². The lowest BCUT2D eigenvalue weighted by Crippen LogP contribution is -2.63. The number of benzene rings is 1. The molecule has 3 heterocycles. The molecule has 0 aromatic heterocycles. The van der Waals surface area contributed by atoms with E-state index in [2.05, 4.69) is 10.6 Å². The zero-order valence-electron chi connectivity index (χ0n) is 47.5. The van der Waals surface area contributed by atoms with Crippen LogP contribution in [-0.2, 0) is 33.3 Å². The highest BCUT2D eigenvalue weighted by atomic mass is 16.7. The Labute approximate surface area is 476 Å². The molecule has 19 atom stereocenters. The van der Waals surface area contributed by atoms with E-state index >= 15 is 0 Å². The van der Waals surface area contributed by atoms with E-state index in [1.54, 1.807) is 106 Å². The fourth-order valence-electron chi connectivity index (χ4n) is 10.3. The molecule has 0 spiro atoms. The number of amides is 1. The number of hydrogen-bond acceptors (Lipinski definition) is 19. The summed E-state index contributed by atoms with van der Waals surface area (Å²) in [5.74, 6) is -5.37. The number of aliphatic hydroxyl groups is 10. The van der Waals surface area contributed by atoms with Gasteiger partial charge in [-0.1, -0.05) is 106 Å². The van der Waals surface area contributed by atoms with Crippen LogP contribution in [0.1, 0.15) is 122 Å². The molecule has 1 unspecified atom stereocenters. The smallest absolute Gasteiger partial charge is 0.308 e. The summed E-state index contributed by atoms with van der Waals surface area (Å²) in [4.78, 5) is 51.0. The first-order valence-electron chi connectivity index (χ1n) is 28.2. The van der Waals surface area contributed by atoms with Gasteiger partial charge < -0.3 is 80.6 Å². The van der Waals surface area contributed by atoms with Crippen LogP contribution in [0.4, 0.5) is 5.69 Å². The van der Waals surface area contributed by atoms with Crippen molar-refractivity contribution in [2.24, 2.45) is 17.8 Å². The second-order valence-electron chi connectivity index (χ2n) is 22.1. The predicted octanol–water partition coefficient (Wildman–Crippen LogP) is 3.86. The molecule has 3 aliphatic heterocycles. The molecule has 0 radical (unpaired) electrons. The monoisotopic (exact) mass is 1140 g/mol. The molecule has 2 fully saturated rings. The van der Waals surface area contributed by atoms with Gasteiger partial charge >= 0.3 is 5.97 Å². The molecular weight excluding hydrogens is 1050 g/mol. The van der Waals surface area contributed by atoms with Crippen LogP contribution in [0.2, 0.25) is 0 Å². The van der Waals surface area contributed by atoms with Crippen molar-refractivity contribution >= 4 is 29.1 Å². The Hall–Kier alpha value is -5.04. The summed E-state index contributed by atoms with van der Waals surface area (Å²) in [6, 6.07) is 6.00. The maximum atomic E-state index is 13.3. The third-order valence-electron chi connectivity index (χ3n) is 14.8. The van der Waals surface area contributed by atoms with Crippen LogP contribution in [0.25, 0.3) is 0 Å². The first-order valence-corrected chi connectivity index (χ1v) is 28.2. The van der Waals surface area contributed by atoms with Crippen molar-refractivity contribution in [1.82, 2.24) is 5.32 Å². The molecule has 452 valence electrons. The number of hydrogen-bond donors (Lipinski definition) is 12. The SMILES string of the molecule is CNc1ccc(C(=O)CC(O)CC[C@H](C)[C@H]2OC(=O)C[C@H](O)CC(=O)C[C@H](O)C[C@H](O)C[C@H](O)C[C@H](O)C[C@]3(O)C[C@H](O)[C@@H](C)[C@H](C[C@@H](O[C@@H]4O[C@H](C)[C@@H](NC(C)=O)[C@H](O)[C@@H]4O)/C=C/C=C/C=C/C=C/C=C/C=C/C=C/[C@@H]2C)O3)cc1. The largest absolute Gasteiger partial charge is 0.461 e. The van der Waals surface area contributed by atoms with Gasteiger partial charge in [-0.25, -0.2) is 0 Å². The zero-order chi connectivity index (χ0) is 59.8. The minimum Gasteiger partial charge on any atom is -0.461 e. The van der Waals surface area contributed by atoms with Crippen LogP contribution in [0.3, 0.4) is 0 Å². The summed E-state index contributed by atoms with van der Waals surface area (Å²) in [5, 5.41) is 116. The Kier molecular flexibility index (Phi) is 29.2. The van der Waals surface area contributed by atoms with Crippen molar-refractivity contribution in [3.63, 3.8) is 0 Å². The molecule has 1 aromatic rings. The van der Waals surface area contributed by atoms with Gasteiger partial charge in [0.15, 0.2) is 17.9 Å². The molecule has 2 saturated heterocycles. The average Bonchev–Trinajstić information content (AvgIpc) is 3.38. The molecule has 0 aliphatic carbocycles. The second kappa shape index (κ2) is 34.5. The first-order chi connectivity index (χ1) is 38.4. The fraction of sp³-hybridized carbons (Fsp3) is 0.607. The van der Waals surface area contributed by atoms with Crippen molar-refractivity contribution < 1.29 is 89.2 Å². The van der Waals surface area contributed by atoms with E-state index in [1.165, 1.54) is 6.92 Å². The van der Waals surface area contributed by atoms with Gasteiger partial charge in [-0.3, -0.25) is 19.2 Å². The topological polar surface area (TPSA) is 332 Å². The number of anilines is 1. The number of cyclic esters (lactones) is 1. The Balaban J connectivity index is 1.52. The van der Waals surface area contributed by atoms with E-state index in [-0.39, 0.29) is 62.6 Å². The number of ketones is 2. The Morgan fingerprint density at radius 1 is 0.704 bits per heavy atom. The van der Waals surface area contributed by atoms with Crippen molar-refractivity contribution in [3.05, 3.63) is 115 Å². The molecule has 12 N–H and O–H groups in total. The predicted molar refractivity (Wildman–Crippen MR) is 303 cm³/mol. The van der Waals surface area contributed by atoms with Gasteiger partial charge in [-0.2, -0.15) is 0 Å². The molecule has 1 amide bonds. The van der Waals surface area contributed by atoms with Crippen LogP contribution < -0.4 is 10.6 Å². The number of rotatable bonds is 11. The summed E-state index contributed by atoms with van der Waals surface area (Å²) >= 11 is 0. The summed E-state index contributed by atoms with van der Waals surface area (Å²) in [6.07, 6.45) is 5.27. The highest BCUT2D eigenvalue weighted by molar-refractivity contribution is 5.96. The van der Waals surface area contributed by atoms with E-state index in [1.807, 2.05) is 38.2 Å². The average molecular weight is 1140 g/mol. The molecule has 20 heteroatoms. The Morgan fingerprint density at radius 3 is 1.85 bits per heavy atom. The third-order valence-corrected chi connectivity index (χ3v) is 14.8. The molecule has 2 bridgehead atoms. The van der Waals surface area contributed by atoms with Crippen molar-refractivity contribution in [1.29, 1.82) is 0 Å². The van der Waals surface area contributed by atoms with Gasteiger partial charge in [0.1, 0.15) is 24.1 Å². The van der Waals surface area contributed by atoms with E-state index in [4.69, 9.17) is 18.9 Å². The van der Waals surface area contributed by atoms with Gasteiger partial charge in [-0.05, 0) is 69.2 Å². The minimum absolute atomic E-state index is 0.0162. The van der Waals surface area contributed by atoms with Crippen molar-refractivity contribution in [3.8, 4) is 0 Å². The lowest BCUT2D eigenvalue weighted by Gasteiger charge is -2.46. The number of Topliss-reactive ketones (excluding diaryl/α,β-unsaturated/α-hetero) is 2. The van der Waals surface area contributed by atoms with E-state index in [0.717, 1.165) is 5.69 Å². The minimum atomic E-state index is -2.10. The van der Waals surface area contributed by atoms with Crippen molar-refractivity contribution in [2.75, 3.05) is 12.4 Å². The maximum absolute atomic E-state index is 13.3. The standard InChI is InChI=1S/C61H90N2O18/c1-37-19-17-15-13-11-9-7-8-10-12-14-16-18-20-51(79-60-58(76)57(75)56(40(4)78-60)63-41(5)64)34-54-39(3)53(73)36-61(77,81-54)35-50(71)31-48(69)29-46(67)27-45(66)28-47(68)30-49(70)33-55(74)80-59(37)38(2)21-26-44(65)32-52(72)42-22-24-43(62-6)25-23-42/h7-20,22-25,37-40,44-46,48-51,53-54,56-60,62,65-67,69-71,73,75-77H,21,26-36H2,1-6H3,(H,63,64)/b8-7+,11-9+,12-10+,15-13+,16-14+,19-17+,20-18+/t37-,38-,39+,40+,44?,45+,46-,48-,49+,50-,51-,53-,54-,56+,57-,58-,59-,60-,61+/m0/s1. The fourth-order valence-corrected chi connectivity index (χ4v) is 10.3. The molecule has 3 aliphatic rings. The molecule has 1 aromatic carbocycles. The molecular formula is C61H90N2O18. The molecule has 81 heavy (non-hydrogen) atoms. The molecule has 0 saturated carbocycles.